The van der Waals surface area contributed by atoms with Crippen molar-refractivity contribution < 1.29 is 13.9 Å². The normalized spacial score (nSPS) is 12.1. The van der Waals surface area contributed by atoms with Gasteiger partial charge in [0.05, 0.1) is 10.4 Å². The van der Waals surface area contributed by atoms with Crippen LogP contribution in [0.4, 0.5) is 0 Å². The maximum absolute atomic E-state index is 12.3. The summed E-state index contributed by atoms with van der Waals surface area (Å²) in [7, 11) is 0. The van der Waals surface area contributed by atoms with Gasteiger partial charge in [-0.15, -0.1) is 21.5 Å². The number of thiophene rings is 1. The van der Waals surface area contributed by atoms with Gasteiger partial charge in [0.15, 0.2) is 6.10 Å². The van der Waals surface area contributed by atoms with E-state index in [9.17, 15) is 4.79 Å². The van der Waals surface area contributed by atoms with E-state index in [1.807, 2.05) is 49.6 Å². The fraction of sp³-hybridized carbons (Fsp3) is 0.235. The maximum atomic E-state index is 12.3. The highest BCUT2D eigenvalue weighted by atomic mass is 32.1. The third-order valence-corrected chi connectivity index (χ3v) is 4.28. The van der Waals surface area contributed by atoms with E-state index in [0.717, 1.165) is 16.0 Å². The lowest BCUT2D eigenvalue weighted by molar-refractivity contribution is 0.0279. The molecule has 0 saturated heterocycles. The Labute approximate surface area is 137 Å². The van der Waals surface area contributed by atoms with Gasteiger partial charge in [-0.25, -0.2) is 4.79 Å². The summed E-state index contributed by atoms with van der Waals surface area (Å²) >= 11 is 1.51. The lowest BCUT2D eigenvalue weighted by Gasteiger charge is -2.11. The number of carbonyl (C=O) groups is 1. The molecule has 0 saturated carbocycles. The molecule has 3 aromatic rings. The fourth-order valence-corrected chi connectivity index (χ4v) is 2.77. The van der Waals surface area contributed by atoms with Crippen molar-refractivity contribution in [3.05, 3.63) is 58.3 Å². The quantitative estimate of drug-likeness (QED) is 0.667. The highest BCUT2D eigenvalue weighted by molar-refractivity contribution is 7.13. The van der Waals surface area contributed by atoms with Crippen molar-refractivity contribution in [2.24, 2.45) is 0 Å². The third kappa shape index (κ3) is 3.32. The minimum Gasteiger partial charge on any atom is -0.449 e. The van der Waals surface area contributed by atoms with Crippen LogP contribution in [-0.2, 0) is 4.74 Å². The maximum Gasteiger partial charge on any atom is 0.339 e. The van der Waals surface area contributed by atoms with Crippen molar-refractivity contribution in [3.8, 4) is 10.8 Å². The first-order chi connectivity index (χ1) is 11.0. The summed E-state index contributed by atoms with van der Waals surface area (Å²) in [6, 6.07) is 9.48. The van der Waals surface area contributed by atoms with E-state index in [-0.39, 0.29) is 5.89 Å². The SMILES string of the molecule is Cc1ccc(C)c(C(=O)O[C@@H](C)c2nnc(-c3cccs3)o2)c1. The number of rotatable bonds is 4. The van der Waals surface area contributed by atoms with Crippen LogP contribution in [0.3, 0.4) is 0 Å². The molecule has 0 N–H and O–H groups in total. The Hall–Kier alpha value is -2.47. The molecule has 3 rings (SSSR count). The number of ether oxygens (including phenoxy) is 1. The summed E-state index contributed by atoms with van der Waals surface area (Å²) in [6.45, 7) is 5.53. The zero-order valence-electron chi connectivity index (χ0n) is 13.1. The molecule has 0 aliphatic carbocycles. The number of benzene rings is 1. The van der Waals surface area contributed by atoms with Gasteiger partial charge in [0.25, 0.3) is 11.8 Å². The molecule has 0 unspecified atom stereocenters. The molecule has 2 heterocycles. The molecule has 0 fully saturated rings. The second-order valence-corrected chi connectivity index (χ2v) is 6.24. The molecule has 2 aromatic heterocycles. The first kappa shape index (κ1) is 15.4. The van der Waals surface area contributed by atoms with Gasteiger partial charge in [0.1, 0.15) is 0 Å². The molecule has 0 bridgehead atoms. The monoisotopic (exact) mass is 328 g/mol. The molecule has 0 spiro atoms. The lowest BCUT2D eigenvalue weighted by atomic mass is 10.1. The first-order valence-corrected chi connectivity index (χ1v) is 8.08. The van der Waals surface area contributed by atoms with Crippen LogP contribution in [0.25, 0.3) is 10.8 Å². The fourth-order valence-electron chi connectivity index (χ4n) is 2.13. The third-order valence-electron chi connectivity index (χ3n) is 3.42. The van der Waals surface area contributed by atoms with Crippen LogP contribution in [0.15, 0.2) is 40.1 Å². The van der Waals surface area contributed by atoms with Crippen molar-refractivity contribution in [2.45, 2.75) is 26.9 Å². The Morgan fingerprint density at radius 1 is 1.26 bits per heavy atom. The van der Waals surface area contributed by atoms with Crippen LogP contribution in [-0.4, -0.2) is 16.2 Å². The molecule has 0 amide bonds. The zero-order chi connectivity index (χ0) is 16.4. The molecule has 118 valence electrons. The number of nitrogens with zero attached hydrogens (tertiary/aromatic N) is 2. The average molecular weight is 328 g/mol. The van der Waals surface area contributed by atoms with Gasteiger partial charge in [-0.3, -0.25) is 0 Å². The van der Waals surface area contributed by atoms with Crippen molar-refractivity contribution >= 4 is 17.3 Å². The number of aryl methyl sites for hydroxylation is 2. The minimum atomic E-state index is -0.608. The van der Waals surface area contributed by atoms with E-state index in [1.165, 1.54) is 11.3 Å². The van der Waals surface area contributed by atoms with Crippen molar-refractivity contribution in [1.82, 2.24) is 10.2 Å². The van der Waals surface area contributed by atoms with Crippen molar-refractivity contribution in [3.63, 3.8) is 0 Å². The first-order valence-electron chi connectivity index (χ1n) is 7.20. The van der Waals surface area contributed by atoms with Crippen LogP contribution in [0.5, 0.6) is 0 Å². The standard InChI is InChI=1S/C17H16N2O3S/c1-10-6-7-11(2)13(9-10)17(20)21-12(3)15-18-19-16(22-15)14-5-4-8-23-14/h4-9,12H,1-3H3/t12-/m0/s1. The Bertz CT molecular complexity index is 824. The average Bonchev–Trinajstić information content (AvgIpc) is 3.19. The molecule has 0 radical (unpaired) electrons. The molecule has 0 aliphatic rings. The van der Waals surface area contributed by atoms with Gasteiger partial charge >= 0.3 is 5.97 Å². The summed E-state index contributed by atoms with van der Waals surface area (Å²) in [4.78, 5) is 13.2. The van der Waals surface area contributed by atoms with Crippen LogP contribution in [0.2, 0.25) is 0 Å². The molecule has 6 heteroatoms. The Balaban J connectivity index is 1.75. The molecule has 1 aromatic carbocycles. The van der Waals surface area contributed by atoms with Crippen LogP contribution < -0.4 is 0 Å². The predicted octanol–water partition coefficient (Wildman–Crippen LogP) is 4.33. The summed E-state index contributed by atoms with van der Waals surface area (Å²) in [6.07, 6.45) is -0.608. The molecule has 1 atom stereocenters. The van der Waals surface area contributed by atoms with Gasteiger partial charge in [-0.2, -0.15) is 0 Å². The van der Waals surface area contributed by atoms with E-state index < -0.39 is 12.1 Å². The smallest absolute Gasteiger partial charge is 0.339 e. The molecule has 23 heavy (non-hydrogen) atoms. The summed E-state index contributed by atoms with van der Waals surface area (Å²) < 4.78 is 11.0. The summed E-state index contributed by atoms with van der Waals surface area (Å²) in [5.74, 6) is 0.325. The van der Waals surface area contributed by atoms with E-state index in [0.29, 0.717) is 11.5 Å². The van der Waals surface area contributed by atoms with E-state index >= 15 is 0 Å². The molecule has 0 aliphatic heterocycles. The van der Waals surface area contributed by atoms with Crippen molar-refractivity contribution in [1.29, 1.82) is 0 Å². The van der Waals surface area contributed by atoms with Crippen LogP contribution in [0.1, 0.15) is 40.4 Å². The second kappa shape index (κ2) is 6.34. The zero-order valence-corrected chi connectivity index (χ0v) is 13.9. The number of carbonyl (C=O) groups excluding carboxylic acids is 1. The largest absolute Gasteiger partial charge is 0.449 e. The van der Waals surface area contributed by atoms with Gasteiger partial charge in [-0.05, 0) is 43.8 Å². The Morgan fingerprint density at radius 3 is 2.83 bits per heavy atom. The topological polar surface area (TPSA) is 65.2 Å². The number of hydrogen-bond donors (Lipinski definition) is 0. The minimum absolute atomic E-state index is 0.284. The highest BCUT2D eigenvalue weighted by Crippen LogP contribution is 2.26. The van der Waals surface area contributed by atoms with Crippen molar-refractivity contribution in [2.75, 3.05) is 0 Å². The highest BCUT2D eigenvalue weighted by Gasteiger charge is 2.21. The number of aromatic nitrogens is 2. The van der Waals surface area contributed by atoms with Gasteiger partial charge in [0.2, 0.25) is 0 Å². The van der Waals surface area contributed by atoms with Gasteiger partial charge in [0, 0.05) is 0 Å². The van der Waals surface area contributed by atoms with E-state index in [4.69, 9.17) is 9.15 Å². The molecular weight excluding hydrogens is 312 g/mol. The van der Waals surface area contributed by atoms with Crippen LogP contribution >= 0.6 is 11.3 Å². The number of esters is 1. The van der Waals surface area contributed by atoms with Crippen LogP contribution in [0, 0.1) is 13.8 Å². The Kier molecular flexibility index (Phi) is 4.25. The Morgan fingerprint density at radius 2 is 2.09 bits per heavy atom. The summed E-state index contributed by atoms with van der Waals surface area (Å²) in [5.41, 5.74) is 2.43. The molecule has 5 nitrogen and oxygen atoms in total. The van der Waals surface area contributed by atoms with E-state index in [1.54, 1.807) is 6.92 Å². The van der Waals surface area contributed by atoms with Gasteiger partial charge in [-0.1, -0.05) is 23.8 Å². The predicted molar refractivity (Wildman–Crippen MR) is 87.4 cm³/mol. The molecular formula is C17H16N2O3S. The lowest BCUT2D eigenvalue weighted by Crippen LogP contribution is -2.11. The number of hydrogen-bond acceptors (Lipinski definition) is 6. The van der Waals surface area contributed by atoms with Gasteiger partial charge < -0.3 is 9.15 Å². The second-order valence-electron chi connectivity index (χ2n) is 5.29. The summed E-state index contributed by atoms with van der Waals surface area (Å²) in [5, 5.41) is 9.90. The van der Waals surface area contributed by atoms with E-state index in [2.05, 4.69) is 10.2 Å².